The van der Waals surface area contributed by atoms with Crippen LogP contribution in [0.25, 0.3) is 10.8 Å². The van der Waals surface area contributed by atoms with Crippen LogP contribution in [0, 0.1) is 18.8 Å². The van der Waals surface area contributed by atoms with Gasteiger partial charge in [-0.05, 0) is 37.6 Å². The third-order valence-electron chi connectivity index (χ3n) is 4.07. The van der Waals surface area contributed by atoms with Gasteiger partial charge in [0.05, 0.1) is 6.61 Å². The highest BCUT2D eigenvalue weighted by molar-refractivity contribution is 5.93. The van der Waals surface area contributed by atoms with Crippen LogP contribution in [0.15, 0.2) is 60.7 Å². The average molecular weight is 344 g/mol. The summed E-state index contributed by atoms with van der Waals surface area (Å²) in [7, 11) is 0. The number of aliphatic carboxylic acids is 1. The average Bonchev–Trinajstić information content (AvgIpc) is 2.65. The Morgan fingerprint density at radius 1 is 0.962 bits per heavy atom. The predicted molar refractivity (Wildman–Crippen MR) is 103 cm³/mol. The van der Waals surface area contributed by atoms with Gasteiger partial charge in [0.1, 0.15) is 5.75 Å². The van der Waals surface area contributed by atoms with Gasteiger partial charge in [-0.1, -0.05) is 53.8 Å². The maximum absolute atomic E-state index is 10.6. The van der Waals surface area contributed by atoms with Gasteiger partial charge in [0.25, 0.3) is 0 Å². The summed E-state index contributed by atoms with van der Waals surface area (Å²) < 4.78 is 5.79. The molecule has 0 bridgehead atoms. The van der Waals surface area contributed by atoms with Crippen LogP contribution in [0.4, 0.5) is 0 Å². The lowest BCUT2D eigenvalue weighted by Gasteiger charge is -2.10. The summed E-state index contributed by atoms with van der Waals surface area (Å²) in [6, 6.07) is 20.0. The third-order valence-corrected chi connectivity index (χ3v) is 4.07. The molecule has 0 fully saturated rings. The minimum absolute atomic E-state index is 0.109. The molecule has 3 heteroatoms. The van der Waals surface area contributed by atoms with Gasteiger partial charge >= 0.3 is 5.97 Å². The van der Waals surface area contributed by atoms with Crippen LogP contribution in [-0.2, 0) is 4.79 Å². The highest BCUT2D eigenvalue weighted by Crippen LogP contribution is 2.28. The molecule has 0 amide bonds. The van der Waals surface area contributed by atoms with Gasteiger partial charge < -0.3 is 9.84 Å². The number of aryl methyl sites for hydroxylation is 1. The van der Waals surface area contributed by atoms with Crippen molar-refractivity contribution in [1.29, 1.82) is 0 Å². The monoisotopic (exact) mass is 344 g/mol. The molecule has 0 unspecified atom stereocenters. The first-order valence-corrected chi connectivity index (χ1v) is 8.58. The van der Waals surface area contributed by atoms with Crippen LogP contribution in [0.1, 0.15) is 29.5 Å². The lowest BCUT2D eigenvalue weighted by Crippen LogP contribution is -2.02. The van der Waals surface area contributed by atoms with E-state index in [-0.39, 0.29) is 6.42 Å². The Morgan fingerprint density at radius 2 is 1.69 bits per heavy atom. The van der Waals surface area contributed by atoms with Gasteiger partial charge in [-0.3, -0.25) is 4.79 Å². The van der Waals surface area contributed by atoms with Gasteiger partial charge in [-0.25, -0.2) is 0 Å². The van der Waals surface area contributed by atoms with Crippen molar-refractivity contribution in [3.63, 3.8) is 0 Å². The van der Waals surface area contributed by atoms with Crippen LogP contribution in [-0.4, -0.2) is 17.7 Å². The van der Waals surface area contributed by atoms with Crippen molar-refractivity contribution >= 4 is 16.7 Å². The molecule has 3 rings (SSSR count). The van der Waals surface area contributed by atoms with Crippen molar-refractivity contribution in [3.8, 4) is 17.6 Å². The Labute approximate surface area is 153 Å². The summed E-state index contributed by atoms with van der Waals surface area (Å²) in [6.07, 6.45) is 0.594. The van der Waals surface area contributed by atoms with E-state index in [4.69, 9.17) is 9.84 Å². The van der Waals surface area contributed by atoms with Crippen LogP contribution < -0.4 is 4.74 Å². The van der Waals surface area contributed by atoms with E-state index in [1.54, 1.807) is 0 Å². The molecule has 0 aliphatic heterocycles. The zero-order valence-corrected chi connectivity index (χ0v) is 14.7. The second kappa shape index (κ2) is 8.22. The second-order valence-corrected chi connectivity index (χ2v) is 6.12. The molecule has 3 nitrogen and oxygen atoms in total. The molecule has 0 aromatic heterocycles. The van der Waals surface area contributed by atoms with E-state index < -0.39 is 5.97 Å². The number of carbonyl (C=O) groups is 1. The fourth-order valence-electron chi connectivity index (χ4n) is 2.69. The van der Waals surface area contributed by atoms with E-state index >= 15 is 0 Å². The van der Waals surface area contributed by atoms with Crippen LogP contribution in [0.5, 0.6) is 5.75 Å². The topological polar surface area (TPSA) is 46.5 Å². The first-order chi connectivity index (χ1) is 12.6. The normalized spacial score (nSPS) is 10.2. The molecule has 0 heterocycles. The van der Waals surface area contributed by atoms with Crippen molar-refractivity contribution in [2.75, 3.05) is 6.61 Å². The van der Waals surface area contributed by atoms with E-state index in [9.17, 15) is 4.79 Å². The highest BCUT2D eigenvalue weighted by Gasteiger charge is 2.06. The van der Waals surface area contributed by atoms with Gasteiger partial charge in [0.2, 0.25) is 0 Å². The maximum Gasteiger partial charge on any atom is 0.303 e. The smallest absolute Gasteiger partial charge is 0.303 e. The summed E-state index contributed by atoms with van der Waals surface area (Å²) in [6.45, 7) is 2.44. The summed E-state index contributed by atoms with van der Waals surface area (Å²) in [5, 5.41) is 10.7. The number of hydrogen-bond acceptors (Lipinski definition) is 2. The first-order valence-electron chi connectivity index (χ1n) is 8.58. The zero-order chi connectivity index (χ0) is 18.4. The van der Waals surface area contributed by atoms with Gasteiger partial charge in [-0.15, -0.1) is 0 Å². The van der Waals surface area contributed by atoms with Gasteiger partial charge in [0, 0.05) is 28.3 Å². The van der Waals surface area contributed by atoms with Crippen molar-refractivity contribution < 1.29 is 14.6 Å². The number of carboxylic acids is 1. The van der Waals surface area contributed by atoms with E-state index in [1.807, 2.05) is 48.5 Å². The molecule has 130 valence electrons. The van der Waals surface area contributed by atoms with Gasteiger partial charge in [-0.2, -0.15) is 0 Å². The molecule has 0 spiro atoms. The number of rotatable bonds is 5. The molecule has 26 heavy (non-hydrogen) atoms. The highest BCUT2D eigenvalue weighted by atomic mass is 16.5. The minimum Gasteiger partial charge on any atom is -0.493 e. The van der Waals surface area contributed by atoms with Crippen molar-refractivity contribution in [3.05, 3.63) is 77.4 Å². The SMILES string of the molecule is Cc1ccc(C#Cc2ccc(OCCCC(=O)O)c3ccccc23)cc1. The summed E-state index contributed by atoms with van der Waals surface area (Å²) in [4.78, 5) is 10.6. The lowest BCUT2D eigenvalue weighted by molar-refractivity contribution is -0.137. The lowest BCUT2D eigenvalue weighted by atomic mass is 10.0. The number of ether oxygens (including phenoxy) is 1. The molecular formula is C23H20O3. The standard InChI is InChI=1S/C23H20O3/c1-17-8-10-18(11-9-17)12-13-19-14-15-22(26-16-4-7-23(24)25)21-6-3-2-5-20(19)21/h2-3,5-6,8-11,14-15H,4,7,16H2,1H3,(H,24,25). The van der Waals surface area contributed by atoms with Crippen molar-refractivity contribution in [2.45, 2.75) is 19.8 Å². The number of carboxylic acid groups (broad SMARTS) is 1. The number of benzene rings is 3. The minimum atomic E-state index is -0.805. The molecular weight excluding hydrogens is 324 g/mol. The third kappa shape index (κ3) is 4.43. The molecule has 3 aromatic rings. The Hall–Kier alpha value is -3.25. The van der Waals surface area contributed by atoms with E-state index in [2.05, 4.69) is 30.9 Å². The molecule has 0 aliphatic rings. The predicted octanol–water partition coefficient (Wildman–Crippen LogP) is 4.79. The summed E-state index contributed by atoms with van der Waals surface area (Å²) >= 11 is 0. The number of fused-ring (bicyclic) bond motifs is 1. The Kier molecular flexibility index (Phi) is 5.56. The second-order valence-electron chi connectivity index (χ2n) is 6.12. The summed E-state index contributed by atoms with van der Waals surface area (Å²) in [5.41, 5.74) is 3.14. The first kappa shape index (κ1) is 17.6. The van der Waals surface area contributed by atoms with E-state index in [1.165, 1.54) is 5.56 Å². The van der Waals surface area contributed by atoms with Gasteiger partial charge in [0.15, 0.2) is 0 Å². The summed E-state index contributed by atoms with van der Waals surface area (Å²) in [5.74, 6) is 6.41. The molecule has 3 aromatic carbocycles. The van der Waals surface area contributed by atoms with Crippen molar-refractivity contribution in [1.82, 2.24) is 0 Å². The fraction of sp³-hybridized carbons (Fsp3) is 0.174. The maximum atomic E-state index is 10.6. The Balaban J connectivity index is 1.86. The van der Waals surface area contributed by atoms with Crippen LogP contribution in [0.2, 0.25) is 0 Å². The van der Waals surface area contributed by atoms with Crippen molar-refractivity contribution in [2.24, 2.45) is 0 Å². The zero-order valence-electron chi connectivity index (χ0n) is 14.7. The van der Waals surface area contributed by atoms with Crippen LogP contribution in [0.3, 0.4) is 0 Å². The number of hydrogen-bond donors (Lipinski definition) is 1. The molecule has 0 saturated carbocycles. The molecule has 1 N–H and O–H groups in total. The molecule has 0 saturated heterocycles. The Bertz CT molecular complexity index is 976. The molecule has 0 aliphatic carbocycles. The van der Waals surface area contributed by atoms with Crippen LogP contribution >= 0.6 is 0 Å². The van der Waals surface area contributed by atoms with E-state index in [0.29, 0.717) is 13.0 Å². The largest absolute Gasteiger partial charge is 0.493 e. The fourth-order valence-corrected chi connectivity index (χ4v) is 2.69. The quantitative estimate of drug-likeness (QED) is 0.535. The van der Waals surface area contributed by atoms with E-state index in [0.717, 1.165) is 27.6 Å². The molecule has 0 atom stereocenters. The molecule has 0 radical (unpaired) electrons. The Morgan fingerprint density at radius 3 is 2.42 bits per heavy atom.